The molecule has 2 N–H and O–H groups in total. The molecule has 4 rings (SSSR count). The van der Waals surface area contributed by atoms with Gasteiger partial charge >= 0.3 is 0 Å². The number of rotatable bonds is 7. The molecule has 4 nitrogen and oxygen atoms in total. The fraction of sp³-hybridized carbons (Fsp3) is 0.192. The van der Waals surface area contributed by atoms with Crippen LogP contribution in [0.25, 0.3) is 6.08 Å². The second-order valence-corrected chi connectivity index (χ2v) is 8.63. The summed E-state index contributed by atoms with van der Waals surface area (Å²) in [4.78, 5) is 13.2. The maximum absolute atomic E-state index is 12.5. The fourth-order valence-corrected chi connectivity index (χ4v) is 4.25. The van der Waals surface area contributed by atoms with Crippen molar-refractivity contribution in [2.24, 2.45) is 0 Å². The monoisotopic (exact) mass is 430 g/mol. The number of benzene rings is 3. The van der Waals surface area contributed by atoms with E-state index in [9.17, 15) is 4.79 Å². The standard InChI is InChI=1S/C26H26N2O2S/c1-3-19-12-14-22(15-13-19)27-26-28-25(29)24(31-26)16-21-6-4-5-7-23(21)30-17-20-10-8-18(2)9-11-20/h4-16,26-27H,3,17H2,1-2H3,(H,28,29)/b24-16-/t26-/m1/s1. The molecule has 1 aliphatic heterocycles. The Hall–Kier alpha value is -3.18. The molecule has 0 unspecified atom stereocenters. The number of nitrogens with one attached hydrogen (secondary N) is 2. The van der Waals surface area contributed by atoms with Crippen LogP contribution in [0.4, 0.5) is 5.69 Å². The van der Waals surface area contributed by atoms with Gasteiger partial charge in [0.05, 0.1) is 4.91 Å². The molecule has 0 spiro atoms. The van der Waals surface area contributed by atoms with Crippen LogP contribution in [0.3, 0.4) is 0 Å². The van der Waals surface area contributed by atoms with Gasteiger partial charge in [-0.2, -0.15) is 0 Å². The number of carbonyl (C=O) groups is 1. The number of para-hydroxylation sites is 1. The van der Waals surface area contributed by atoms with E-state index in [0.29, 0.717) is 11.5 Å². The molecule has 158 valence electrons. The minimum atomic E-state index is -0.202. The van der Waals surface area contributed by atoms with Crippen molar-refractivity contribution in [2.45, 2.75) is 32.4 Å². The molecule has 0 aliphatic carbocycles. The molecule has 31 heavy (non-hydrogen) atoms. The number of carbonyl (C=O) groups excluding carboxylic acids is 1. The summed E-state index contributed by atoms with van der Waals surface area (Å²) in [5.74, 6) is 0.677. The zero-order chi connectivity index (χ0) is 21.6. The molecule has 1 saturated heterocycles. The smallest absolute Gasteiger partial charge is 0.260 e. The molecular formula is C26H26N2O2S. The summed E-state index contributed by atoms with van der Waals surface area (Å²) < 4.78 is 6.05. The zero-order valence-electron chi connectivity index (χ0n) is 17.7. The number of hydrogen-bond acceptors (Lipinski definition) is 4. The number of hydrogen-bond donors (Lipinski definition) is 2. The van der Waals surface area contributed by atoms with E-state index < -0.39 is 0 Å². The van der Waals surface area contributed by atoms with Gasteiger partial charge in [0.2, 0.25) is 0 Å². The number of thioether (sulfide) groups is 1. The van der Waals surface area contributed by atoms with Gasteiger partial charge in [0.1, 0.15) is 12.4 Å². The first-order valence-electron chi connectivity index (χ1n) is 10.4. The summed E-state index contributed by atoms with van der Waals surface area (Å²) in [5.41, 5.74) is 5.30. The van der Waals surface area contributed by atoms with Gasteiger partial charge < -0.3 is 15.4 Å². The Labute approximate surface area is 187 Å². The van der Waals surface area contributed by atoms with Gasteiger partial charge in [-0.1, -0.05) is 78.8 Å². The van der Waals surface area contributed by atoms with Crippen molar-refractivity contribution < 1.29 is 9.53 Å². The molecule has 0 aromatic heterocycles. The third-order valence-electron chi connectivity index (χ3n) is 5.11. The highest BCUT2D eigenvalue weighted by molar-refractivity contribution is 8.05. The van der Waals surface area contributed by atoms with Crippen molar-refractivity contribution in [3.8, 4) is 5.75 Å². The van der Waals surface area contributed by atoms with Crippen LogP contribution in [-0.2, 0) is 17.8 Å². The van der Waals surface area contributed by atoms with Crippen LogP contribution in [0.5, 0.6) is 5.75 Å². The summed E-state index contributed by atoms with van der Waals surface area (Å²) in [6.07, 6.45) is 2.90. The van der Waals surface area contributed by atoms with Crippen molar-refractivity contribution in [2.75, 3.05) is 5.32 Å². The molecule has 3 aromatic rings. The zero-order valence-corrected chi connectivity index (χ0v) is 18.5. The van der Waals surface area contributed by atoms with E-state index in [1.54, 1.807) is 0 Å². The van der Waals surface area contributed by atoms with E-state index in [4.69, 9.17) is 4.74 Å². The van der Waals surface area contributed by atoms with E-state index in [0.717, 1.165) is 29.0 Å². The summed E-state index contributed by atoms with van der Waals surface area (Å²) >= 11 is 1.48. The molecule has 1 amide bonds. The number of amides is 1. The maximum Gasteiger partial charge on any atom is 0.260 e. The molecule has 1 atom stereocenters. The van der Waals surface area contributed by atoms with Gasteiger partial charge in [-0.25, -0.2) is 0 Å². The van der Waals surface area contributed by atoms with Crippen molar-refractivity contribution >= 4 is 29.4 Å². The lowest BCUT2D eigenvalue weighted by molar-refractivity contribution is -0.116. The third-order valence-corrected chi connectivity index (χ3v) is 6.14. The van der Waals surface area contributed by atoms with Crippen LogP contribution < -0.4 is 15.4 Å². The van der Waals surface area contributed by atoms with Crippen LogP contribution in [0, 0.1) is 6.92 Å². The molecule has 1 fully saturated rings. The molecule has 1 aliphatic rings. The highest BCUT2D eigenvalue weighted by Gasteiger charge is 2.27. The minimum Gasteiger partial charge on any atom is -0.488 e. The van der Waals surface area contributed by atoms with Gasteiger partial charge in [0, 0.05) is 11.3 Å². The van der Waals surface area contributed by atoms with Crippen molar-refractivity contribution in [1.82, 2.24) is 5.32 Å². The Morgan fingerprint density at radius 1 is 1.00 bits per heavy atom. The Morgan fingerprint density at radius 2 is 1.71 bits per heavy atom. The number of anilines is 1. The van der Waals surface area contributed by atoms with Crippen LogP contribution in [0.2, 0.25) is 0 Å². The summed E-state index contributed by atoms with van der Waals surface area (Å²) in [6, 6.07) is 24.4. The van der Waals surface area contributed by atoms with Crippen molar-refractivity contribution in [3.05, 3.63) is 100.0 Å². The average Bonchev–Trinajstić information content (AvgIpc) is 3.13. The Balaban J connectivity index is 1.44. The third kappa shape index (κ3) is 5.50. The second kappa shape index (κ2) is 9.75. The van der Waals surface area contributed by atoms with Gasteiger partial charge in [-0.3, -0.25) is 4.79 Å². The molecule has 1 heterocycles. The van der Waals surface area contributed by atoms with E-state index in [1.807, 2.05) is 42.5 Å². The van der Waals surface area contributed by atoms with Gasteiger partial charge in [0.15, 0.2) is 5.50 Å². The molecule has 5 heteroatoms. The van der Waals surface area contributed by atoms with Crippen LogP contribution >= 0.6 is 11.8 Å². The summed E-state index contributed by atoms with van der Waals surface area (Å²) in [6.45, 7) is 4.69. The topological polar surface area (TPSA) is 50.4 Å². The lowest BCUT2D eigenvalue weighted by Crippen LogP contribution is -2.30. The Kier molecular flexibility index (Phi) is 6.63. The van der Waals surface area contributed by atoms with Crippen LogP contribution in [-0.4, -0.2) is 11.4 Å². The molecular weight excluding hydrogens is 404 g/mol. The largest absolute Gasteiger partial charge is 0.488 e. The predicted octanol–water partition coefficient (Wildman–Crippen LogP) is 5.74. The van der Waals surface area contributed by atoms with Gasteiger partial charge in [0.25, 0.3) is 5.91 Å². The molecule has 0 radical (unpaired) electrons. The molecule has 0 bridgehead atoms. The van der Waals surface area contributed by atoms with Gasteiger partial charge in [-0.05, 0) is 48.7 Å². The number of ether oxygens (including phenoxy) is 1. The van der Waals surface area contributed by atoms with E-state index in [1.165, 1.54) is 22.9 Å². The first-order valence-corrected chi connectivity index (χ1v) is 11.3. The van der Waals surface area contributed by atoms with Crippen LogP contribution in [0.15, 0.2) is 77.7 Å². The average molecular weight is 431 g/mol. The van der Waals surface area contributed by atoms with E-state index in [2.05, 4.69) is 60.9 Å². The maximum atomic E-state index is 12.5. The summed E-state index contributed by atoms with van der Waals surface area (Å²) in [5, 5.41) is 6.35. The van der Waals surface area contributed by atoms with Crippen molar-refractivity contribution in [3.63, 3.8) is 0 Å². The first kappa shape index (κ1) is 21.1. The Morgan fingerprint density at radius 3 is 2.45 bits per heavy atom. The first-order chi connectivity index (χ1) is 15.1. The molecule has 3 aromatic carbocycles. The highest BCUT2D eigenvalue weighted by atomic mass is 32.2. The summed E-state index contributed by atoms with van der Waals surface area (Å²) in [7, 11) is 0. The quantitative estimate of drug-likeness (QED) is 0.470. The van der Waals surface area contributed by atoms with Gasteiger partial charge in [-0.15, -0.1) is 0 Å². The van der Waals surface area contributed by atoms with E-state index >= 15 is 0 Å². The highest BCUT2D eigenvalue weighted by Crippen LogP contribution is 2.32. The lowest BCUT2D eigenvalue weighted by atomic mass is 10.1. The predicted molar refractivity (Wildman–Crippen MR) is 129 cm³/mol. The van der Waals surface area contributed by atoms with Crippen LogP contribution in [0.1, 0.15) is 29.2 Å². The van der Waals surface area contributed by atoms with Crippen molar-refractivity contribution in [1.29, 1.82) is 0 Å². The number of aryl methyl sites for hydroxylation is 2. The second-order valence-electron chi connectivity index (χ2n) is 7.49. The molecule has 0 saturated carbocycles. The minimum absolute atomic E-state index is 0.0824. The Bertz CT molecular complexity index is 1080. The normalized spacial score (nSPS) is 16.9. The SMILES string of the molecule is CCc1ccc(N[C@@H]2NC(=O)/C(=C/c3ccccc3OCc3ccc(C)cc3)S2)cc1. The van der Waals surface area contributed by atoms with E-state index in [-0.39, 0.29) is 11.4 Å². The fourth-order valence-electron chi connectivity index (χ4n) is 3.27. The lowest BCUT2D eigenvalue weighted by Gasteiger charge is -2.13.